The van der Waals surface area contributed by atoms with Gasteiger partial charge in [-0.3, -0.25) is 0 Å². The van der Waals surface area contributed by atoms with Crippen molar-refractivity contribution in [2.45, 2.75) is 12.1 Å². The number of nitrogens with one attached hydrogen (secondary N) is 2. The number of ether oxygens (including phenoxy) is 1. The zero-order chi connectivity index (χ0) is 19.5. The summed E-state index contributed by atoms with van der Waals surface area (Å²) < 4.78 is 35.2. The maximum absolute atomic E-state index is 14.4. The third kappa shape index (κ3) is 3.70. The highest BCUT2D eigenvalue weighted by Gasteiger charge is 2.32. The molecule has 0 unspecified atom stereocenters. The molecule has 4 rings (SSSR count). The molecular weight excluding hydrogens is 368 g/mol. The van der Waals surface area contributed by atoms with Crippen LogP contribution in [0, 0.1) is 11.6 Å². The molecule has 2 aromatic carbocycles. The van der Waals surface area contributed by atoms with Gasteiger partial charge in [-0.15, -0.1) is 5.10 Å². The number of hydrogen-bond donors (Lipinski definition) is 2. The summed E-state index contributed by atoms with van der Waals surface area (Å²) in [5.74, 6) is -1.58. The third-order valence-electron chi connectivity index (χ3n) is 4.53. The molecule has 7 nitrogen and oxygen atoms in total. The topological polar surface area (TPSA) is 81.1 Å². The van der Waals surface area contributed by atoms with E-state index in [2.05, 4.69) is 20.9 Å². The zero-order valence-corrected chi connectivity index (χ0v) is 14.7. The molecule has 2 amide bonds. The Bertz CT molecular complexity index is 966. The highest BCUT2D eigenvalue weighted by Crippen LogP contribution is 2.31. The first-order chi connectivity index (χ1) is 13.6. The number of amides is 2. The molecule has 0 radical (unpaired) electrons. The van der Waals surface area contributed by atoms with E-state index in [1.54, 1.807) is 41.2 Å². The monoisotopic (exact) mass is 385 g/mol. The molecule has 2 N–H and O–H groups in total. The zero-order valence-electron chi connectivity index (χ0n) is 14.7. The molecule has 2 atom stereocenters. The summed E-state index contributed by atoms with van der Waals surface area (Å²) in [5.41, 5.74) is 0.742. The Morgan fingerprint density at radius 1 is 1.18 bits per heavy atom. The molecule has 1 fully saturated rings. The SMILES string of the molecule is O=C(Nc1c(F)cc(F)cc1-c1ccccc1)N[C@H]1COC[C@H]1n1ccnn1. The molecule has 1 aliphatic rings. The Hall–Kier alpha value is -3.33. The maximum Gasteiger partial charge on any atom is 0.319 e. The number of carbonyl (C=O) groups is 1. The summed E-state index contributed by atoms with van der Waals surface area (Å²) in [6.07, 6.45) is 3.22. The minimum atomic E-state index is -0.857. The lowest BCUT2D eigenvalue weighted by Gasteiger charge is -2.20. The normalized spacial score (nSPS) is 18.8. The van der Waals surface area contributed by atoms with E-state index in [4.69, 9.17) is 4.74 Å². The fourth-order valence-electron chi connectivity index (χ4n) is 3.20. The summed E-state index contributed by atoms with van der Waals surface area (Å²) in [4.78, 5) is 12.5. The second kappa shape index (κ2) is 7.73. The van der Waals surface area contributed by atoms with Gasteiger partial charge >= 0.3 is 6.03 Å². The van der Waals surface area contributed by atoms with Gasteiger partial charge < -0.3 is 15.4 Å². The standard InChI is InChI=1S/C19H17F2N5O2/c20-13-8-14(12-4-2-1-3-5-12)18(15(21)9-13)24-19(27)23-16-10-28-11-17(16)26-7-6-22-25-26/h1-9,16-17H,10-11H2,(H2,23,24,27)/t16-,17+/m0/s1. The van der Waals surface area contributed by atoms with Crippen LogP contribution in [-0.4, -0.2) is 40.3 Å². The number of hydrogen-bond acceptors (Lipinski definition) is 4. The van der Waals surface area contributed by atoms with Crippen LogP contribution in [0.5, 0.6) is 0 Å². The van der Waals surface area contributed by atoms with Gasteiger partial charge in [-0.2, -0.15) is 0 Å². The van der Waals surface area contributed by atoms with Crippen LogP contribution in [0.2, 0.25) is 0 Å². The van der Waals surface area contributed by atoms with Gasteiger partial charge in [0.1, 0.15) is 11.6 Å². The lowest BCUT2D eigenvalue weighted by molar-refractivity contribution is 0.181. The van der Waals surface area contributed by atoms with E-state index in [1.807, 2.05) is 0 Å². The predicted octanol–water partition coefficient (Wildman–Crippen LogP) is 2.98. The Kier molecular flexibility index (Phi) is 4.98. The fourth-order valence-corrected chi connectivity index (χ4v) is 3.20. The van der Waals surface area contributed by atoms with Crippen LogP contribution < -0.4 is 10.6 Å². The smallest absolute Gasteiger partial charge is 0.319 e. The number of nitrogens with zero attached hydrogens (tertiary/aromatic N) is 3. The first-order valence-corrected chi connectivity index (χ1v) is 8.67. The summed E-state index contributed by atoms with van der Waals surface area (Å²) in [6.45, 7) is 0.657. The van der Waals surface area contributed by atoms with Crippen LogP contribution in [0.4, 0.5) is 19.3 Å². The van der Waals surface area contributed by atoms with Crippen molar-refractivity contribution in [1.82, 2.24) is 20.3 Å². The molecule has 1 aromatic heterocycles. The Morgan fingerprint density at radius 3 is 2.75 bits per heavy atom. The molecule has 0 bridgehead atoms. The molecule has 28 heavy (non-hydrogen) atoms. The van der Waals surface area contributed by atoms with Crippen LogP contribution in [0.3, 0.4) is 0 Å². The van der Waals surface area contributed by atoms with Crippen molar-refractivity contribution in [2.24, 2.45) is 0 Å². The number of urea groups is 1. The van der Waals surface area contributed by atoms with Crippen LogP contribution >= 0.6 is 0 Å². The number of carbonyl (C=O) groups excluding carboxylic acids is 1. The predicted molar refractivity (Wildman–Crippen MR) is 97.6 cm³/mol. The van der Waals surface area contributed by atoms with E-state index in [0.717, 1.165) is 6.07 Å². The molecule has 144 valence electrons. The van der Waals surface area contributed by atoms with E-state index in [9.17, 15) is 13.6 Å². The van der Waals surface area contributed by atoms with Gasteiger partial charge in [0.05, 0.1) is 37.2 Å². The third-order valence-corrected chi connectivity index (χ3v) is 4.53. The first-order valence-electron chi connectivity index (χ1n) is 8.67. The van der Waals surface area contributed by atoms with Gasteiger partial charge in [-0.25, -0.2) is 18.3 Å². The van der Waals surface area contributed by atoms with Gasteiger partial charge in [0, 0.05) is 17.8 Å². The van der Waals surface area contributed by atoms with Crippen molar-refractivity contribution in [3.05, 3.63) is 66.5 Å². The average molecular weight is 385 g/mol. The Morgan fingerprint density at radius 2 is 2.00 bits per heavy atom. The molecule has 9 heteroatoms. The molecule has 3 aromatic rings. The van der Waals surface area contributed by atoms with Crippen molar-refractivity contribution >= 4 is 11.7 Å². The van der Waals surface area contributed by atoms with Crippen molar-refractivity contribution in [1.29, 1.82) is 0 Å². The molecule has 0 aliphatic carbocycles. The fraction of sp³-hybridized carbons (Fsp3) is 0.211. The summed E-state index contributed by atoms with van der Waals surface area (Å²) in [7, 11) is 0. The quantitative estimate of drug-likeness (QED) is 0.724. The van der Waals surface area contributed by atoms with Gasteiger partial charge in [-0.1, -0.05) is 35.5 Å². The van der Waals surface area contributed by atoms with Crippen LogP contribution in [0.1, 0.15) is 6.04 Å². The second-order valence-electron chi connectivity index (χ2n) is 6.37. The molecule has 1 aliphatic heterocycles. The minimum Gasteiger partial charge on any atom is -0.377 e. The highest BCUT2D eigenvalue weighted by atomic mass is 19.1. The lowest BCUT2D eigenvalue weighted by atomic mass is 10.0. The van der Waals surface area contributed by atoms with Crippen LogP contribution in [-0.2, 0) is 4.74 Å². The van der Waals surface area contributed by atoms with Crippen molar-refractivity contribution in [3.63, 3.8) is 0 Å². The van der Waals surface area contributed by atoms with Gasteiger partial charge in [0.15, 0.2) is 0 Å². The van der Waals surface area contributed by atoms with E-state index in [1.165, 1.54) is 12.3 Å². The molecule has 0 saturated carbocycles. The number of rotatable bonds is 4. The van der Waals surface area contributed by atoms with Crippen molar-refractivity contribution in [3.8, 4) is 11.1 Å². The first kappa shape index (κ1) is 18.1. The number of benzene rings is 2. The Labute approximate surface area is 159 Å². The largest absolute Gasteiger partial charge is 0.377 e. The van der Waals surface area contributed by atoms with E-state index >= 15 is 0 Å². The van der Waals surface area contributed by atoms with Gasteiger partial charge in [0.2, 0.25) is 0 Å². The number of aromatic nitrogens is 3. The average Bonchev–Trinajstić information content (AvgIpc) is 3.36. The maximum atomic E-state index is 14.4. The van der Waals surface area contributed by atoms with Gasteiger partial charge in [-0.05, 0) is 11.6 Å². The Balaban J connectivity index is 1.55. The number of halogens is 2. The summed E-state index contributed by atoms with van der Waals surface area (Å²) in [5, 5.41) is 13.0. The lowest BCUT2D eigenvalue weighted by Crippen LogP contribution is -2.43. The molecule has 2 heterocycles. The second-order valence-corrected chi connectivity index (χ2v) is 6.37. The minimum absolute atomic E-state index is 0.0960. The van der Waals surface area contributed by atoms with E-state index in [-0.39, 0.29) is 29.9 Å². The molecule has 0 spiro atoms. The molecular formula is C19H17F2N5O2. The van der Waals surface area contributed by atoms with Gasteiger partial charge in [0.25, 0.3) is 0 Å². The highest BCUT2D eigenvalue weighted by molar-refractivity contribution is 5.94. The van der Waals surface area contributed by atoms with Crippen LogP contribution in [0.25, 0.3) is 11.1 Å². The van der Waals surface area contributed by atoms with Crippen molar-refractivity contribution in [2.75, 3.05) is 18.5 Å². The van der Waals surface area contributed by atoms with Crippen LogP contribution in [0.15, 0.2) is 54.9 Å². The summed E-state index contributed by atoms with van der Waals surface area (Å²) in [6, 6.07) is 9.42. The van der Waals surface area contributed by atoms with E-state index < -0.39 is 17.7 Å². The molecule has 1 saturated heterocycles. The van der Waals surface area contributed by atoms with Crippen molar-refractivity contribution < 1.29 is 18.3 Å². The number of anilines is 1. The van der Waals surface area contributed by atoms with E-state index in [0.29, 0.717) is 12.2 Å². The summed E-state index contributed by atoms with van der Waals surface area (Å²) >= 11 is 0.